The number of nitrogens with zero attached hydrogens (tertiary/aromatic N) is 3. The molecule has 1 saturated heterocycles. The van der Waals surface area contributed by atoms with Crippen LogP contribution >= 0.6 is 11.8 Å². The van der Waals surface area contributed by atoms with Crippen molar-refractivity contribution in [2.24, 2.45) is 13.0 Å². The monoisotopic (exact) mass is 398 g/mol. The van der Waals surface area contributed by atoms with Gasteiger partial charge in [0.15, 0.2) is 5.69 Å². The Hall–Kier alpha value is -1.79. The molecule has 4 rings (SSSR count). The summed E-state index contributed by atoms with van der Waals surface area (Å²) in [7, 11) is 1.94. The van der Waals surface area contributed by atoms with Crippen molar-refractivity contribution in [3.63, 3.8) is 0 Å². The molecule has 0 aliphatic carbocycles. The van der Waals surface area contributed by atoms with Crippen LogP contribution in [0.5, 0.6) is 0 Å². The summed E-state index contributed by atoms with van der Waals surface area (Å²) in [5.41, 5.74) is 5.16. The highest BCUT2D eigenvalue weighted by molar-refractivity contribution is 7.98. The Kier molecular flexibility index (Phi) is 5.78. The number of nitrogens with one attached hydrogen (secondary N) is 1. The zero-order chi connectivity index (χ0) is 19.7. The van der Waals surface area contributed by atoms with E-state index in [1.807, 2.05) is 11.7 Å². The molecule has 0 unspecified atom stereocenters. The van der Waals surface area contributed by atoms with Gasteiger partial charge >= 0.3 is 0 Å². The zero-order valence-electron chi connectivity index (χ0n) is 17.1. The highest BCUT2D eigenvalue weighted by atomic mass is 32.2. The van der Waals surface area contributed by atoms with Gasteiger partial charge in [0.25, 0.3) is 5.91 Å². The van der Waals surface area contributed by atoms with Crippen molar-refractivity contribution < 1.29 is 4.79 Å². The highest BCUT2D eigenvalue weighted by Gasteiger charge is 2.27. The average molecular weight is 399 g/mol. The lowest BCUT2D eigenvalue weighted by Gasteiger charge is -2.30. The van der Waals surface area contributed by atoms with Crippen LogP contribution in [0.4, 0.5) is 0 Å². The third kappa shape index (κ3) is 3.98. The Morgan fingerprint density at radius 2 is 2.25 bits per heavy atom. The molecule has 1 amide bonds. The number of carbonyl (C=O) groups excluding carboxylic acids is 1. The predicted octanol–water partition coefficient (Wildman–Crippen LogP) is 3.85. The standard InChI is InChI=1S/C22H30N4OS/c1-15-7-8-19-17(12-15)21-18(14-28-19)20(24-25(21)3)22(27)23-9-5-11-26-10-4-6-16(2)13-26/h7-8,12,16H,4-6,9-11,13-14H2,1-3H3,(H,23,27)/t16-/m0/s1. The summed E-state index contributed by atoms with van der Waals surface area (Å²) in [5, 5.41) is 7.68. The van der Waals surface area contributed by atoms with Crippen molar-refractivity contribution in [3.05, 3.63) is 35.0 Å². The van der Waals surface area contributed by atoms with Gasteiger partial charge in [-0.05, 0) is 57.3 Å². The van der Waals surface area contributed by atoms with E-state index in [2.05, 4.69) is 47.4 Å². The maximum absolute atomic E-state index is 12.8. The van der Waals surface area contributed by atoms with Crippen LogP contribution in [-0.4, -0.2) is 46.8 Å². The van der Waals surface area contributed by atoms with Crippen LogP contribution in [0.15, 0.2) is 23.1 Å². The summed E-state index contributed by atoms with van der Waals surface area (Å²) in [6.45, 7) is 8.59. The molecule has 28 heavy (non-hydrogen) atoms. The van der Waals surface area contributed by atoms with Crippen LogP contribution in [0.3, 0.4) is 0 Å². The topological polar surface area (TPSA) is 50.2 Å². The molecule has 0 radical (unpaired) electrons. The third-order valence-electron chi connectivity index (χ3n) is 5.80. The van der Waals surface area contributed by atoms with E-state index < -0.39 is 0 Å². The quantitative estimate of drug-likeness (QED) is 0.777. The molecule has 3 heterocycles. The fraction of sp³-hybridized carbons (Fsp3) is 0.545. The van der Waals surface area contributed by atoms with Crippen LogP contribution in [0, 0.1) is 12.8 Å². The molecule has 2 aromatic rings. The molecule has 1 aromatic carbocycles. The second kappa shape index (κ2) is 8.29. The second-order valence-corrected chi connectivity index (χ2v) is 9.26. The molecule has 150 valence electrons. The fourth-order valence-corrected chi connectivity index (χ4v) is 5.46. The summed E-state index contributed by atoms with van der Waals surface area (Å²) in [4.78, 5) is 16.6. The number of hydrogen-bond acceptors (Lipinski definition) is 4. The number of likely N-dealkylation sites (tertiary alicyclic amines) is 1. The Morgan fingerprint density at radius 1 is 1.39 bits per heavy atom. The van der Waals surface area contributed by atoms with Crippen LogP contribution in [0.2, 0.25) is 0 Å². The van der Waals surface area contributed by atoms with E-state index in [9.17, 15) is 4.79 Å². The number of aromatic nitrogens is 2. The number of carbonyl (C=O) groups is 1. The zero-order valence-corrected chi connectivity index (χ0v) is 17.9. The Balaban J connectivity index is 1.40. The lowest BCUT2D eigenvalue weighted by molar-refractivity contribution is 0.0943. The molecule has 2 aliphatic rings. The number of thioether (sulfide) groups is 1. The number of rotatable bonds is 5. The fourth-order valence-electron chi connectivity index (χ4n) is 4.41. The first-order chi connectivity index (χ1) is 13.5. The first-order valence-electron chi connectivity index (χ1n) is 10.3. The molecular formula is C22H30N4OS. The number of benzene rings is 1. The van der Waals surface area contributed by atoms with Crippen LogP contribution in [-0.2, 0) is 12.8 Å². The molecule has 1 atom stereocenters. The number of piperidine rings is 1. The van der Waals surface area contributed by atoms with E-state index in [1.165, 1.54) is 42.0 Å². The van der Waals surface area contributed by atoms with E-state index in [-0.39, 0.29) is 5.91 Å². The van der Waals surface area contributed by atoms with E-state index in [0.717, 1.165) is 35.9 Å². The predicted molar refractivity (Wildman–Crippen MR) is 115 cm³/mol. The molecular weight excluding hydrogens is 368 g/mol. The van der Waals surface area contributed by atoms with Gasteiger partial charge in [-0.3, -0.25) is 9.48 Å². The van der Waals surface area contributed by atoms with Crippen molar-refractivity contribution in [1.82, 2.24) is 20.0 Å². The Labute approximate surface area is 171 Å². The summed E-state index contributed by atoms with van der Waals surface area (Å²) in [6, 6.07) is 6.51. The molecule has 6 heteroatoms. The van der Waals surface area contributed by atoms with Gasteiger partial charge in [0.2, 0.25) is 0 Å². The lowest BCUT2D eigenvalue weighted by Crippen LogP contribution is -2.36. The van der Waals surface area contributed by atoms with E-state index in [4.69, 9.17) is 0 Å². The number of amides is 1. The molecule has 5 nitrogen and oxygen atoms in total. The van der Waals surface area contributed by atoms with Gasteiger partial charge in [0.05, 0.1) is 5.69 Å². The molecule has 2 aliphatic heterocycles. The first-order valence-corrected chi connectivity index (χ1v) is 11.3. The minimum atomic E-state index is -0.0411. The molecule has 0 spiro atoms. The van der Waals surface area contributed by atoms with Crippen LogP contribution < -0.4 is 5.32 Å². The number of aryl methyl sites for hydroxylation is 2. The van der Waals surface area contributed by atoms with Crippen molar-refractivity contribution >= 4 is 17.7 Å². The molecule has 1 N–H and O–H groups in total. The van der Waals surface area contributed by atoms with Crippen molar-refractivity contribution in [3.8, 4) is 11.3 Å². The van der Waals surface area contributed by atoms with Crippen LogP contribution in [0.1, 0.15) is 47.8 Å². The second-order valence-electron chi connectivity index (χ2n) is 8.25. The summed E-state index contributed by atoms with van der Waals surface area (Å²) in [5.74, 6) is 1.56. The number of fused-ring (bicyclic) bond motifs is 3. The van der Waals surface area contributed by atoms with Gasteiger partial charge in [0, 0.05) is 41.9 Å². The van der Waals surface area contributed by atoms with Crippen molar-refractivity contribution in [2.75, 3.05) is 26.2 Å². The number of hydrogen-bond donors (Lipinski definition) is 1. The van der Waals surface area contributed by atoms with Crippen molar-refractivity contribution in [1.29, 1.82) is 0 Å². The minimum Gasteiger partial charge on any atom is -0.351 e. The van der Waals surface area contributed by atoms with E-state index in [1.54, 1.807) is 11.8 Å². The molecule has 1 aromatic heterocycles. The Morgan fingerprint density at radius 3 is 3.07 bits per heavy atom. The maximum atomic E-state index is 12.8. The van der Waals surface area contributed by atoms with Gasteiger partial charge in [0.1, 0.15) is 0 Å². The average Bonchev–Trinajstić information content (AvgIpc) is 3.02. The smallest absolute Gasteiger partial charge is 0.272 e. The SMILES string of the molecule is Cc1ccc2c(c1)-c1c(c(C(=O)NCCCN3CCC[C@H](C)C3)nn1C)CS2. The van der Waals surface area contributed by atoms with Gasteiger partial charge in [-0.1, -0.05) is 18.6 Å². The maximum Gasteiger partial charge on any atom is 0.272 e. The highest BCUT2D eigenvalue weighted by Crippen LogP contribution is 2.42. The summed E-state index contributed by atoms with van der Waals surface area (Å²) in [6.07, 6.45) is 3.63. The van der Waals surface area contributed by atoms with Gasteiger partial charge < -0.3 is 10.2 Å². The minimum absolute atomic E-state index is 0.0411. The summed E-state index contributed by atoms with van der Waals surface area (Å²) < 4.78 is 1.87. The molecule has 1 fully saturated rings. The van der Waals surface area contributed by atoms with Gasteiger partial charge in [-0.2, -0.15) is 5.10 Å². The van der Waals surface area contributed by atoms with Gasteiger partial charge in [-0.25, -0.2) is 0 Å². The normalized spacial score (nSPS) is 19.2. The van der Waals surface area contributed by atoms with E-state index in [0.29, 0.717) is 12.2 Å². The third-order valence-corrected chi connectivity index (χ3v) is 6.90. The largest absolute Gasteiger partial charge is 0.351 e. The first kappa shape index (κ1) is 19.5. The summed E-state index contributed by atoms with van der Waals surface area (Å²) >= 11 is 1.79. The lowest BCUT2D eigenvalue weighted by atomic mass is 10.0. The van der Waals surface area contributed by atoms with Crippen LogP contribution in [0.25, 0.3) is 11.3 Å². The molecule has 0 saturated carbocycles. The van der Waals surface area contributed by atoms with Crippen molar-refractivity contribution in [2.45, 2.75) is 43.8 Å². The van der Waals surface area contributed by atoms with Gasteiger partial charge in [-0.15, -0.1) is 11.8 Å². The molecule has 0 bridgehead atoms. The van der Waals surface area contributed by atoms with E-state index >= 15 is 0 Å². The Bertz CT molecular complexity index is 876.